The maximum absolute atomic E-state index is 13.4. The van der Waals surface area contributed by atoms with Crippen molar-refractivity contribution in [2.24, 2.45) is 0 Å². The van der Waals surface area contributed by atoms with Gasteiger partial charge in [-0.1, -0.05) is 26.5 Å². The summed E-state index contributed by atoms with van der Waals surface area (Å²) >= 11 is 0. The Morgan fingerprint density at radius 3 is 2.48 bits per heavy atom. The molecule has 290 valence electrons. The molecule has 0 unspecified atom stereocenters. The molecule has 6 rings (SSSR count). The number of rotatable bonds is 13. The lowest BCUT2D eigenvalue weighted by Gasteiger charge is -2.31. The predicted molar refractivity (Wildman–Crippen MR) is 214 cm³/mol. The number of nitrogens with zero attached hydrogens (tertiary/aromatic N) is 3. The number of nitrogens with one attached hydrogen (secondary N) is 2. The van der Waals surface area contributed by atoms with Crippen molar-refractivity contribution < 1.29 is 29.2 Å². The molecule has 3 aromatic rings. The highest BCUT2D eigenvalue weighted by Gasteiger charge is 2.32. The number of allylic oxidation sites excluding steroid dienone is 2. The van der Waals surface area contributed by atoms with Gasteiger partial charge in [0.1, 0.15) is 0 Å². The number of hydrogen-bond acceptors (Lipinski definition) is 8. The van der Waals surface area contributed by atoms with Crippen LogP contribution in [0, 0.1) is 20.8 Å². The zero-order chi connectivity index (χ0) is 38.7. The van der Waals surface area contributed by atoms with E-state index < -0.39 is 18.5 Å². The Morgan fingerprint density at radius 1 is 1.00 bits per heavy atom. The Labute approximate surface area is 318 Å². The van der Waals surface area contributed by atoms with Gasteiger partial charge >= 0.3 is 0 Å². The van der Waals surface area contributed by atoms with Crippen molar-refractivity contribution >= 4 is 45.2 Å². The van der Waals surface area contributed by atoms with E-state index in [2.05, 4.69) is 82.4 Å². The van der Waals surface area contributed by atoms with Gasteiger partial charge in [0.2, 0.25) is 5.91 Å². The van der Waals surface area contributed by atoms with Gasteiger partial charge in [0, 0.05) is 83.7 Å². The number of aliphatic hydroxyl groups excluding tert-OH is 2. The summed E-state index contributed by atoms with van der Waals surface area (Å²) in [4.78, 5) is 32.9. The molecule has 0 aliphatic carbocycles. The molecule has 3 aromatic heterocycles. The number of carbonyl (C=O) groups excluding carboxylic acids is 1. The molecule has 0 aromatic carbocycles. The van der Waals surface area contributed by atoms with E-state index in [1.165, 1.54) is 11.1 Å². The Bertz CT molecular complexity index is 2060. The number of amides is 1. The summed E-state index contributed by atoms with van der Waals surface area (Å²) in [5.74, 6) is 0.196. The summed E-state index contributed by atoms with van der Waals surface area (Å²) in [6.45, 7) is 18.4. The van der Waals surface area contributed by atoms with E-state index in [0.29, 0.717) is 52.0 Å². The summed E-state index contributed by atoms with van der Waals surface area (Å²) in [5, 5.41) is 19.3. The third-order valence-corrected chi connectivity index (χ3v) is 11.4. The minimum Gasteiger partial charge on any atom is -0.394 e. The SMILES string of the molecule is C=Cc1c(C)c2cc3nc(c(C)c4cc(C)c(cc5nc(cc1[nH]2)C(C)=C5CC)[nH]4)[C@@H](CCC(=O)N(C)CCOCCO[C@H]1C[C@@H](O)C[C@@H](CO)O1)[C@@H]3C. The van der Waals surface area contributed by atoms with Crippen LogP contribution >= 0.6 is 0 Å². The number of likely N-dealkylation sites (N-methyl/N-ethyl adjacent to an activating group) is 1. The Hall–Kier alpha value is -4.13. The predicted octanol–water partition coefficient (Wildman–Crippen LogP) is 7.24. The lowest BCUT2D eigenvalue weighted by molar-refractivity contribution is -0.225. The van der Waals surface area contributed by atoms with Gasteiger partial charge in [-0.05, 0) is 92.6 Å². The molecule has 8 bridgehead atoms. The van der Waals surface area contributed by atoms with Crippen LogP contribution < -0.4 is 0 Å². The average Bonchev–Trinajstić information content (AvgIpc) is 3.85. The molecule has 3 aliphatic heterocycles. The van der Waals surface area contributed by atoms with E-state index in [1.807, 2.05) is 13.1 Å². The molecule has 54 heavy (non-hydrogen) atoms. The largest absolute Gasteiger partial charge is 0.394 e. The summed E-state index contributed by atoms with van der Waals surface area (Å²) in [6.07, 6.45) is 3.07. The van der Waals surface area contributed by atoms with Crippen molar-refractivity contribution in [2.45, 2.75) is 104 Å². The molecule has 1 amide bonds. The van der Waals surface area contributed by atoms with Gasteiger partial charge in [0.25, 0.3) is 0 Å². The van der Waals surface area contributed by atoms with Crippen LogP contribution in [0.4, 0.5) is 0 Å². The summed E-state index contributed by atoms with van der Waals surface area (Å²) in [5.41, 5.74) is 14.7. The van der Waals surface area contributed by atoms with Crippen LogP contribution in [0.5, 0.6) is 0 Å². The van der Waals surface area contributed by atoms with Gasteiger partial charge in [-0.3, -0.25) is 9.78 Å². The molecule has 6 heterocycles. The summed E-state index contributed by atoms with van der Waals surface area (Å²) in [7, 11) is 1.81. The molecular weight excluding hydrogens is 683 g/mol. The van der Waals surface area contributed by atoms with Gasteiger partial charge < -0.3 is 39.3 Å². The van der Waals surface area contributed by atoms with Crippen molar-refractivity contribution in [2.75, 3.05) is 40.0 Å². The smallest absolute Gasteiger partial charge is 0.222 e. The monoisotopic (exact) mass is 739 g/mol. The van der Waals surface area contributed by atoms with E-state index in [9.17, 15) is 15.0 Å². The molecule has 3 aliphatic rings. The number of aromatic nitrogens is 4. The van der Waals surface area contributed by atoms with Gasteiger partial charge in [-0.15, -0.1) is 0 Å². The zero-order valence-corrected chi connectivity index (χ0v) is 32.9. The fraction of sp³-hybridized carbons (Fsp3) is 0.512. The minimum atomic E-state index is -0.564. The Morgan fingerprint density at radius 2 is 1.74 bits per heavy atom. The molecule has 1 saturated heterocycles. The highest BCUT2D eigenvalue weighted by molar-refractivity contribution is 5.93. The highest BCUT2D eigenvalue weighted by atomic mass is 16.7. The first-order valence-corrected chi connectivity index (χ1v) is 19.3. The molecule has 4 N–H and O–H groups in total. The number of H-pyrrole nitrogens is 2. The van der Waals surface area contributed by atoms with Crippen LogP contribution in [0.1, 0.15) is 110 Å². The standard InChI is InChI=1S/C43H57N5O6/c1-9-31-26(5)37-22-40-32(10-2)25(4)36(45-40)21-38-27(6)33(43(47-38)28(7)35-17-24(3)34(44-35)20-39(31)46-37)11-12-41(51)48(8)13-14-52-15-16-53-42-19-29(50)18-30(23-49)54-42/h10,17,20-22,27,29-30,33,42,44-45,49-50H,2,9,11-16,18-19,23H2,1,3-8H3/t27-,29-,30-,33-,42+/m0/s1. The third kappa shape index (κ3) is 8.40. The number of carbonyl (C=O) groups is 1. The summed E-state index contributed by atoms with van der Waals surface area (Å²) < 4.78 is 17.1. The van der Waals surface area contributed by atoms with E-state index in [0.717, 1.165) is 73.5 Å². The average molecular weight is 740 g/mol. The van der Waals surface area contributed by atoms with Crippen LogP contribution in [0.25, 0.3) is 39.3 Å². The molecule has 11 nitrogen and oxygen atoms in total. The molecular formula is C43H57N5O6. The van der Waals surface area contributed by atoms with E-state index >= 15 is 0 Å². The lowest BCUT2D eigenvalue weighted by Crippen LogP contribution is -2.39. The molecule has 0 spiro atoms. The van der Waals surface area contributed by atoms with Crippen LogP contribution in [-0.4, -0.2) is 99.5 Å². The zero-order valence-electron chi connectivity index (χ0n) is 32.9. The first-order chi connectivity index (χ1) is 25.9. The van der Waals surface area contributed by atoms with Crippen molar-refractivity contribution in [1.29, 1.82) is 0 Å². The maximum atomic E-state index is 13.4. The fourth-order valence-electron chi connectivity index (χ4n) is 7.98. The Kier molecular flexibility index (Phi) is 12.5. The van der Waals surface area contributed by atoms with Gasteiger partial charge in [-0.2, -0.15) is 0 Å². The van der Waals surface area contributed by atoms with Crippen LogP contribution in [-0.2, 0) is 19.0 Å². The number of ether oxygens (including phenoxy) is 3. The van der Waals surface area contributed by atoms with E-state index in [4.69, 9.17) is 24.2 Å². The lowest BCUT2D eigenvalue weighted by atomic mass is 9.86. The molecule has 5 atom stereocenters. The van der Waals surface area contributed by atoms with Crippen molar-refractivity contribution in [3.63, 3.8) is 0 Å². The van der Waals surface area contributed by atoms with Crippen molar-refractivity contribution in [3.05, 3.63) is 75.9 Å². The van der Waals surface area contributed by atoms with Gasteiger partial charge in [0.15, 0.2) is 6.29 Å². The second-order valence-corrected chi connectivity index (χ2v) is 15.0. The van der Waals surface area contributed by atoms with Crippen molar-refractivity contribution in [1.82, 2.24) is 24.8 Å². The number of hydrogen-bond donors (Lipinski definition) is 4. The number of aromatic amines is 2. The van der Waals surface area contributed by atoms with E-state index in [1.54, 1.807) is 4.90 Å². The van der Waals surface area contributed by atoms with Gasteiger partial charge in [-0.25, -0.2) is 4.98 Å². The molecule has 1 fully saturated rings. The Balaban J connectivity index is 1.21. The van der Waals surface area contributed by atoms with Crippen LogP contribution in [0.3, 0.4) is 0 Å². The van der Waals surface area contributed by atoms with E-state index in [-0.39, 0.29) is 24.3 Å². The van der Waals surface area contributed by atoms with Crippen LogP contribution in [0.15, 0.2) is 30.8 Å². The second-order valence-electron chi connectivity index (χ2n) is 15.0. The first kappa shape index (κ1) is 39.6. The minimum absolute atomic E-state index is 0.0491. The van der Waals surface area contributed by atoms with Crippen molar-refractivity contribution in [3.8, 4) is 0 Å². The topological polar surface area (TPSA) is 146 Å². The normalized spacial score (nSPS) is 21.5. The first-order valence-electron chi connectivity index (χ1n) is 19.3. The summed E-state index contributed by atoms with van der Waals surface area (Å²) in [6, 6.07) is 8.66. The maximum Gasteiger partial charge on any atom is 0.222 e. The number of aliphatic hydroxyl groups is 2. The van der Waals surface area contributed by atoms with Crippen LogP contribution in [0.2, 0.25) is 0 Å². The third-order valence-electron chi connectivity index (χ3n) is 11.4. The number of fused-ring (bicyclic) bond motifs is 8. The number of aryl methyl sites for hydroxylation is 3. The fourth-order valence-corrected chi connectivity index (χ4v) is 7.98. The molecule has 0 radical (unpaired) electrons. The van der Waals surface area contributed by atoms with Gasteiger partial charge in [0.05, 0.1) is 50.0 Å². The molecule has 11 heteroatoms. The molecule has 0 saturated carbocycles. The second kappa shape index (κ2) is 17.1. The quantitative estimate of drug-likeness (QED) is 0.134. The highest BCUT2D eigenvalue weighted by Crippen LogP contribution is 2.42.